The molecular weight excluding hydrogens is 318 g/mol. The molecule has 21 nitrogen and oxygen atoms in total. The molecule has 0 aliphatic rings. The van der Waals surface area contributed by atoms with Crippen molar-refractivity contribution < 1.29 is 0 Å². The molecule has 0 aliphatic carbocycles. The van der Waals surface area contributed by atoms with Gasteiger partial charge < -0.3 is 66.8 Å². The van der Waals surface area contributed by atoms with Gasteiger partial charge in [0.1, 0.15) is 0 Å². The lowest BCUT2D eigenvalue weighted by atomic mass is 13.4. The highest BCUT2D eigenvalue weighted by Crippen LogP contribution is 1.35. The Kier molecular flexibility index (Phi) is 3580. The van der Waals surface area contributed by atoms with Gasteiger partial charge in [-0.05, 0) is 0 Å². The smallest absolute Gasteiger partial charge is 0.444 e. The van der Waals surface area contributed by atoms with Crippen LogP contribution in [0.5, 0.6) is 0 Å². The third-order valence-electron chi connectivity index (χ3n) is 0. The van der Waals surface area contributed by atoms with Crippen LogP contribution in [0.15, 0.2) is 32.0 Å². The molecule has 0 amide bonds. The van der Waals surface area contributed by atoms with Crippen LogP contribution in [-0.4, -0.2) is 0 Å². The fourth-order valence-electron chi connectivity index (χ4n) is 0. The second-order valence-electron chi connectivity index (χ2n) is 0.447. The van der Waals surface area contributed by atoms with Crippen molar-refractivity contribution in [1.29, 1.82) is 0 Å². The monoisotopic (exact) mass is 321 g/mol. The van der Waals surface area contributed by atoms with Crippen LogP contribution in [0.4, 0.5) is 0 Å². The first-order valence-electron chi connectivity index (χ1n) is 2.19. The van der Waals surface area contributed by atoms with Gasteiger partial charge in [0.25, 0.3) is 0 Å². The third-order valence-corrected chi connectivity index (χ3v) is 0. The molecule has 0 fully saturated rings. The van der Waals surface area contributed by atoms with Crippen molar-refractivity contribution >= 4 is 0 Å². The first-order valence-corrected chi connectivity index (χ1v) is 2.19. The quantitative estimate of drug-likeness (QED) is 0.474. The first-order chi connectivity index (χ1) is 8.49. The predicted molar refractivity (Wildman–Crippen MR) is 64.3 cm³/mol. The Morgan fingerprint density at radius 1 is 0.381 bits per heavy atom. The van der Waals surface area contributed by atoms with E-state index in [-0.39, 0.29) is 18.5 Å². The van der Waals surface area contributed by atoms with E-state index in [2.05, 4.69) is 0 Å². The molecule has 21 heteroatoms. The molecule has 0 spiro atoms. The van der Waals surface area contributed by atoms with Crippen LogP contribution < -0.4 is 18.5 Å². The Labute approximate surface area is 112 Å². The predicted octanol–water partition coefficient (Wildman–Crippen LogP) is 0.704. The maximum absolute atomic E-state index is 8.00. The molecule has 0 rings (SSSR count). The molecular formula is H3N9O12. The summed E-state index contributed by atoms with van der Waals surface area (Å²) in [4.78, 5) is 48.0. The summed E-state index contributed by atoms with van der Waals surface area (Å²) >= 11 is 0. The van der Waals surface area contributed by atoms with E-state index < -0.39 is 0 Å². The zero-order chi connectivity index (χ0) is 16.2. The van der Waals surface area contributed by atoms with Gasteiger partial charge in [-0.3, -0.25) is 0 Å². The standard InChI is InChI=1S/6HNO2.H3N.2N/c6*2-1-3;;;/h6*(H,2,3);1H3;;/q;;;;;;;2*+3/p-6. The van der Waals surface area contributed by atoms with E-state index in [4.69, 9.17) is 60.7 Å². The lowest BCUT2D eigenvalue weighted by molar-refractivity contribution is 1.59. The van der Waals surface area contributed by atoms with E-state index >= 15 is 0 Å². The van der Waals surface area contributed by atoms with Gasteiger partial charge in [0.2, 0.25) is 0 Å². The summed E-state index contributed by atoms with van der Waals surface area (Å²) in [7, 11) is 0. The van der Waals surface area contributed by atoms with Crippen LogP contribution in [0.25, 0.3) is 0 Å². The number of rotatable bonds is 0. The van der Waals surface area contributed by atoms with E-state index in [1.165, 1.54) is 0 Å². The minimum Gasteiger partial charge on any atom is -0.444 e. The SMILES string of the molecule is N.O=N[O-].O=N[O-].O=N[O-].O=N[O-].O=N[O-].O=N[O-].[N+3].[N+3]. The van der Waals surface area contributed by atoms with Gasteiger partial charge in [-0.25, -0.2) is 0 Å². The maximum Gasteiger partial charge on any atom is 3.00 e. The fraction of sp³-hybridized carbons (Fsp3) is 0. The summed E-state index contributed by atoms with van der Waals surface area (Å²) in [6, 6.07) is 0. The minimum atomic E-state index is 0. The van der Waals surface area contributed by atoms with Crippen LogP contribution in [0.3, 0.4) is 0 Å². The molecule has 0 bridgehead atoms. The molecule has 0 aromatic carbocycles. The van der Waals surface area contributed by atoms with Gasteiger partial charge in [0.05, 0.1) is 0 Å². The lowest BCUT2D eigenvalue weighted by Crippen LogP contribution is -1.12. The van der Waals surface area contributed by atoms with Crippen molar-refractivity contribution in [2.45, 2.75) is 0 Å². The van der Waals surface area contributed by atoms with Gasteiger partial charge in [-0.1, -0.05) is 0 Å². The Balaban J connectivity index is -0.0000000114. The number of hydrogen-bond donors (Lipinski definition) is 1. The minimum absolute atomic E-state index is 0. The van der Waals surface area contributed by atoms with Crippen molar-refractivity contribution in [1.82, 2.24) is 18.5 Å². The van der Waals surface area contributed by atoms with E-state index in [1.807, 2.05) is 0 Å². The summed E-state index contributed by atoms with van der Waals surface area (Å²) in [5.41, 5.74) is 0. The van der Waals surface area contributed by atoms with Crippen molar-refractivity contribution in [2.24, 2.45) is 32.0 Å². The van der Waals surface area contributed by atoms with Gasteiger partial charge >= 0.3 is 12.3 Å². The molecule has 0 aromatic heterocycles. The first kappa shape index (κ1) is 69.0. The summed E-state index contributed by atoms with van der Waals surface area (Å²) < 4.78 is 0. The fourth-order valence-corrected chi connectivity index (χ4v) is 0. The Hall–Kier alpha value is -4.22. The molecule has 120 valence electrons. The molecule has 0 saturated carbocycles. The molecule has 0 aliphatic heterocycles. The van der Waals surface area contributed by atoms with Crippen molar-refractivity contribution in [3.05, 3.63) is 60.7 Å². The molecule has 3 N–H and O–H groups in total. The Morgan fingerprint density at radius 2 is 0.381 bits per heavy atom. The number of nitrogens with zero attached hydrogens (tertiary/aromatic N) is 8. The molecule has 21 heavy (non-hydrogen) atoms. The van der Waals surface area contributed by atoms with Gasteiger partial charge in [-0.15, -0.1) is 32.0 Å². The van der Waals surface area contributed by atoms with E-state index in [0.717, 1.165) is 32.0 Å². The van der Waals surface area contributed by atoms with Crippen LogP contribution in [0.1, 0.15) is 0 Å². The van der Waals surface area contributed by atoms with Gasteiger partial charge in [0, 0.05) is 0 Å². The summed E-state index contributed by atoms with van der Waals surface area (Å²) in [6.07, 6.45) is 0. The lowest BCUT2D eigenvalue weighted by Gasteiger charge is -1.51. The maximum atomic E-state index is 8.00. The summed E-state index contributed by atoms with van der Waals surface area (Å²) in [6.45, 7) is 0. The summed E-state index contributed by atoms with van der Waals surface area (Å²) in [5, 5.41) is 54.0. The van der Waals surface area contributed by atoms with E-state index in [1.54, 1.807) is 0 Å². The average Bonchev–Trinajstić information content (AvgIpc) is 2.23. The largest absolute Gasteiger partial charge is 3.00 e. The molecule has 0 aromatic rings. The molecule has 0 heterocycles. The van der Waals surface area contributed by atoms with Crippen LogP contribution in [-0.2, 0) is 0 Å². The second kappa shape index (κ2) is 1090. The normalized spacial score (nSPS) is 3.43. The van der Waals surface area contributed by atoms with Crippen LogP contribution in [0, 0.1) is 60.7 Å². The zero-order valence-corrected chi connectivity index (χ0v) is 9.18. The Bertz CT molecular complexity index is 112. The number of hydrogen-bond acceptors (Lipinski definition) is 19. The highest BCUT2D eigenvalue weighted by atomic mass is 16.6. The molecule has 4 radical (unpaired) electrons. The van der Waals surface area contributed by atoms with Crippen molar-refractivity contribution in [3.8, 4) is 0 Å². The van der Waals surface area contributed by atoms with Crippen molar-refractivity contribution in [2.75, 3.05) is 0 Å². The molecule has 0 unspecified atom stereocenters. The van der Waals surface area contributed by atoms with Gasteiger partial charge in [-0.2, -0.15) is 0 Å². The second-order valence-corrected chi connectivity index (χ2v) is 0.447. The zero-order valence-electron chi connectivity index (χ0n) is 9.18. The average molecular weight is 321 g/mol. The Morgan fingerprint density at radius 3 is 0.381 bits per heavy atom. The molecule has 0 atom stereocenters. The van der Waals surface area contributed by atoms with E-state index in [0.29, 0.717) is 0 Å². The molecule has 0 saturated heterocycles. The van der Waals surface area contributed by atoms with Gasteiger partial charge in [0.15, 0.2) is 0 Å². The third kappa shape index (κ3) is 168. The van der Waals surface area contributed by atoms with Crippen molar-refractivity contribution in [3.63, 3.8) is 0 Å². The van der Waals surface area contributed by atoms with Crippen LogP contribution in [0.2, 0.25) is 0 Å². The van der Waals surface area contributed by atoms with Crippen LogP contribution >= 0.6 is 0 Å². The van der Waals surface area contributed by atoms with E-state index in [9.17, 15) is 0 Å². The highest BCUT2D eigenvalue weighted by Gasteiger charge is 3.00. The summed E-state index contributed by atoms with van der Waals surface area (Å²) in [5.74, 6) is 0. The highest BCUT2D eigenvalue weighted by molar-refractivity contribution is 4.22. The topological polar surface area (TPSA) is 411 Å².